The molecule has 0 bridgehead atoms. The van der Waals surface area contributed by atoms with Gasteiger partial charge < -0.3 is 0 Å². The molecule has 3 nitrogen and oxygen atoms in total. The van der Waals surface area contributed by atoms with Crippen LogP contribution in [-0.2, 0) is 0 Å². The third-order valence-corrected chi connectivity index (χ3v) is 12.3. The van der Waals surface area contributed by atoms with E-state index >= 15 is 0 Å². The van der Waals surface area contributed by atoms with E-state index in [2.05, 4.69) is 192 Å². The number of benzene rings is 7. The molecule has 0 saturated carbocycles. The van der Waals surface area contributed by atoms with Crippen LogP contribution in [0.5, 0.6) is 0 Å². The topological polar surface area (TPSA) is 38.1 Å². The van der Waals surface area contributed by atoms with Gasteiger partial charge in [-0.1, -0.05) is 159 Å². The summed E-state index contributed by atoms with van der Waals surface area (Å²) >= 11 is 0. The molecule has 59 heavy (non-hydrogen) atoms. The van der Waals surface area contributed by atoms with E-state index in [1.54, 1.807) is 0 Å². The minimum atomic E-state index is 0.444. The van der Waals surface area contributed by atoms with Crippen LogP contribution < -0.4 is 0 Å². The maximum Gasteiger partial charge on any atom is 0.0979 e. The molecule has 2 aliphatic rings. The molecule has 2 aliphatic carbocycles. The SMILES string of the molecule is CCC(C)=C1C(=N/C=C(\C)c2cccc(-c3cccc(-c4cccc(-c5cnc6c7ccccc7c7ccccc7c6n5)c4)c3)c2)C2=C(c3ccccc31)C(C)CC=C2. The van der Waals surface area contributed by atoms with Gasteiger partial charge in [0.25, 0.3) is 0 Å². The molecule has 0 fully saturated rings. The highest BCUT2D eigenvalue weighted by Crippen LogP contribution is 2.45. The second-order valence-corrected chi connectivity index (χ2v) is 16.0. The van der Waals surface area contributed by atoms with Crippen molar-refractivity contribution >= 4 is 55.0 Å². The van der Waals surface area contributed by atoms with E-state index in [1.807, 2.05) is 6.20 Å². The lowest BCUT2D eigenvalue weighted by atomic mass is 9.72. The summed E-state index contributed by atoms with van der Waals surface area (Å²) in [6.07, 6.45) is 10.6. The molecule has 1 atom stereocenters. The van der Waals surface area contributed by atoms with Crippen LogP contribution in [0.2, 0.25) is 0 Å². The van der Waals surface area contributed by atoms with E-state index in [1.165, 1.54) is 55.3 Å². The second kappa shape index (κ2) is 15.1. The zero-order valence-corrected chi connectivity index (χ0v) is 34.0. The molecule has 0 aliphatic heterocycles. The van der Waals surface area contributed by atoms with Gasteiger partial charge in [-0.05, 0) is 112 Å². The summed E-state index contributed by atoms with van der Waals surface area (Å²) in [7, 11) is 0. The molecule has 3 heteroatoms. The number of fused-ring (bicyclic) bond motifs is 8. The number of rotatable bonds is 6. The molecule has 1 unspecified atom stereocenters. The summed E-state index contributed by atoms with van der Waals surface area (Å²) in [5, 5.41) is 4.64. The predicted octanol–water partition coefficient (Wildman–Crippen LogP) is 15.0. The first-order chi connectivity index (χ1) is 29.0. The number of aromatic nitrogens is 2. The summed E-state index contributed by atoms with van der Waals surface area (Å²) in [5.74, 6) is 0.444. The van der Waals surface area contributed by atoms with E-state index in [-0.39, 0.29) is 0 Å². The second-order valence-electron chi connectivity index (χ2n) is 16.0. The number of allylic oxidation sites excluding steroid dienone is 7. The highest BCUT2D eigenvalue weighted by atomic mass is 14.8. The molecule has 8 aromatic rings. The first-order valence-electron chi connectivity index (χ1n) is 20.8. The standard InChI is InChI=1S/C56H45N3/c1-5-35(2)53-47-26-9-8-25-46(47)52-36(3)16-12-29-50(52)54(53)57-33-37(4)38-17-13-18-39(30-38)40-19-14-20-41(31-40)42-21-15-22-43(32-42)51-34-58-55-48-27-10-6-23-44(48)45-24-7-11-28-49(45)56(55)59-51/h6-15,17-34,36H,5,16H2,1-4H3/b37-33+,53-35?,57-54?. The van der Waals surface area contributed by atoms with Crippen molar-refractivity contribution in [1.82, 2.24) is 9.97 Å². The van der Waals surface area contributed by atoms with Gasteiger partial charge >= 0.3 is 0 Å². The largest absolute Gasteiger partial charge is 0.255 e. The van der Waals surface area contributed by atoms with Crippen LogP contribution in [-0.4, -0.2) is 15.7 Å². The van der Waals surface area contributed by atoms with Crippen molar-refractivity contribution in [2.75, 3.05) is 0 Å². The smallest absolute Gasteiger partial charge is 0.0979 e. The maximum atomic E-state index is 5.34. The Balaban J connectivity index is 0.984. The molecule has 10 rings (SSSR count). The third kappa shape index (κ3) is 6.44. The van der Waals surface area contributed by atoms with Crippen molar-refractivity contribution in [3.05, 3.63) is 198 Å². The number of hydrogen-bond acceptors (Lipinski definition) is 3. The van der Waals surface area contributed by atoms with Crippen molar-refractivity contribution in [3.63, 3.8) is 0 Å². The van der Waals surface area contributed by atoms with Crippen molar-refractivity contribution in [3.8, 4) is 33.5 Å². The molecule has 0 radical (unpaired) electrons. The monoisotopic (exact) mass is 759 g/mol. The molecule has 1 heterocycles. The molecule has 284 valence electrons. The van der Waals surface area contributed by atoms with Gasteiger partial charge in [0.05, 0.1) is 28.6 Å². The van der Waals surface area contributed by atoms with E-state index in [4.69, 9.17) is 15.0 Å². The predicted molar refractivity (Wildman–Crippen MR) is 251 cm³/mol. The number of nitrogens with zero attached hydrogens (tertiary/aromatic N) is 3. The van der Waals surface area contributed by atoms with Gasteiger partial charge in [0.15, 0.2) is 0 Å². The van der Waals surface area contributed by atoms with Gasteiger partial charge in [0.1, 0.15) is 0 Å². The zero-order valence-electron chi connectivity index (χ0n) is 34.0. The molecule has 1 aromatic heterocycles. The zero-order chi connectivity index (χ0) is 40.0. The average molecular weight is 760 g/mol. The fourth-order valence-electron chi connectivity index (χ4n) is 9.10. The quantitative estimate of drug-likeness (QED) is 0.158. The normalized spacial score (nSPS) is 16.8. The minimum Gasteiger partial charge on any atom is -0.255 e. The minimum absolute atomic E-state index is 0.444. The lowest BCUT2D eigenvalue weighted by Crippen LogP contribution is -2.20. The van der Waals surface area contributed by atoms with Crippen LogP contribution in [0.4, 0.5) is 0 Å². The lowest BCUT2D eigenvalue weighted by Gasteiger charge is -2.32. The first-order valence-corrected chi connectivity index (χ1v) is 20.8. The Morgan fingerprint density at radius 1 is 0.644 bits per heavy atom. The van der Waals surface area contributed by atoms with Crippen LogP contribution in [0.1, 0.15) is 57.2 Å². The molecular weight excluding hydrogens is 715 g/mol. The summed E-state index contributed by atoms with van der Waals surface area (Å²) in [6, 6.07) is 52.2. The Bertz CT molecular complexity index is 3120. The highest BCUT2D eigenvalue weighted by Gasteiger charge is 2.31. The molecular formula is C56H45N3. The summed E-state index contributed by atoms with van der Waals surface area (Å²) < 4.78 is 0. The third-order valence-electron chi connectivity index (χ3n) is 12.3. The van der Waals surface area contributed by atoms with Crippen molar-refractivity contribution < 1.29 is 0 Å². The number of hydrogen-bond donors (Lipinski definition) is 0. The van der Waals surface area contributed by atoms with Gasteiger partial charge in [0.2, 0.25) is 0 Å². The Kier molecular flexibility index (Phi) is 9.30. The fourth-order valence-corrected chi connectivity index (χ4v) is 9.10. The van der Waals surface area contributed by atoms with E-state index in [0.717, 1.165) is 73.9 Å². The van der Waals surface area contributed by atoms with E-state index in [9.17, 15) is 0 Å². The van der Waals surface area contributed by atoms with Crippen molar-refractivity contribution in [1.29, 1.82) is 0 Å². The molecule has 0 amide bonds. The molecule has 0 saturated heterocycles. The lowest BCUT2D eigenvalue weighted by molar-refractivity contribution is 0.754. The molecule has 0 spiro atoms. The van der Waals surface area contributed by atoms with Crippen LogP contribution in [0.3, 0.4) is 0 Å². The van der Waals surface area contributed by atoms with Crippen LogP contribution in [0, 0.1) is 5.92 Å². The van der Waals surface area contributed by atoms with Gasteiger partial charge in [-0.3, -0.25) is 9.98 Å². The van der Waals surface area contributed by atoms with Gasteiger partial charge in [0, 0.05) is 33.7 Å². The van der Waals surface area contributed by atoms with Crippen molar-refractivity contribution in [2.24, 2.45) is 10.9 Å². The molecule has 0 N–H and O–H groups in total. The Morgan fingerprint density at radius 2 is 1.22 bits per heavy atom. The maximum absolute atomic E-state index is 5.34. The van der Waals surface area contributed by atoms with E-state index in [0.29, 0.717) is 5.92 Å². The Labute approximate surface area is 346 Å². The van der Waals surface area contributed by atoms with Gasteiger partial charge in [-0.15, -0.1) is 0 Å². The van der Waals surface area contributed by atoms with Crippen LogP contribution in [0.15, 0.2) is 186 Å². The molecule has 7 aromatic carbocycles. The van der Waals surface area contributed by atoms with Gasteiger partial charge in [-0.2, -0.15) is 0 Å². The summed E-state index contributed by atoms with van der Waals surface area (Å²) in [5.41, 5.74) is 19.7. The van der Waals surface area contributed by atoms with Crippen molar-refractivity contribution in [2.45, 2.75) is 40.5 Å². The highest BCUT2D eigenvalue weighted by molar-refractivity contribution is 6.38. The Morgan fingerprint density at radius 3 is 1.92 bits per heavy atom. The van der Waals surface area contributed by atoms with Gasteiger partial charge in [-0.25, -0.2) is 4.98 Å². The number of aliphatic imine (C=N–C) groups is 1. The Hall–Kier alpha value is -6.97. The fraction of sp³-hybridized carbons (Fsp3) is 0.125. The van der Waals surface area contributed by atoms with Crippen LogP contribution in [0.25, 0.3) is 82.8 Å². The average Bonchev–Trinajstić information content (AvgIpc) is 3.30. The summed E-state index contributed by atoms with van der Waals surface area (Å²) in [4.78, 5) is 15.6. The first kappa shape index (κ1) is 36.4. The van der Waals surface area contributed by atoms with Crippen LogP contribution >= 0.6 is 0 Å². The summed E-state index contributed by atoms with van der Waals surface area (Å²) in [6.45, 7) is 9.02. The van der Waals surface area contributed by atoms with E-state index < -0.39 is 0 Å².